The van der Waals surface area contributed by atoms with Crippen LogP contribution in [0.25, 0.3) is 0 Å². The molecular weight excluding hydrogens is 448 g/mol. The second kappa shape index (κ2) is 9.49. The lowest BCUT2D eigenvalue weighted by atomic mass is 10.1. The summed E-state index contributed by atoms with van der Waals surface area (Å²) in [4.78, 5) is 35.1. The molecule has 3 aromatic carbocycles. The fraction of sp³-hybridized carbons (Fsp3) is 0.0909. The number of hydrogen-bond acceptors (Lipinski definition) is 6. The number of para-hydroxylation sites is 1. The molecule has 0 radical (unpaired) electrons. The van der Waals surface area contributed by atoms with Gasteiger partial charge in [0.2, 0.25) is 0 Å². The largest absolute Gasteiger partial charge is 0.323 e. The Morgan fingerprint density at radius 3 is 2.18 bits per heavy atom. The van der Waals surface area contributed by atoms with Crippen LogP contribution in [-0.2, 0) is 9.84 Å². The maximum absolute atomic E-state index is 12.8. The van der Waals surface area contributed by atoms with Crippen LogP contribution in [0.15, 0.2) is 71.6 Å². The number of rotatable bonds is 6. The average Bonchev–Trinajstić information content (AvgIpc) is 2.75. The molecule has 0 aliphatic heterocycles. The smallest absolute Gasteiger partial charge is 0.322 e. The third-order valence-electron chi connectivity index (χ3n) is 4.57. The van der Waals surface area contributed by atoms with Gasteiger partial charge in [-0.2, -0.15) is 0 Å². The molecule has 3 aromatic rings. The quantitative estimate of drug-likeness (QED) is 0.365. The highest BCUT2D eigenvalue weighted by molar-refractivity contribution is 7.90. The minimum Gasteiger partial charge on any atom is -0.322 e. The molecule has 10 nitrogen and oxygen atoms in total. The number of non-ortho nitro benzene ring substituents is 1. The van der Waals surface area contributed by atoms with Crippen molar-refractivity contribution in [1.82, 2.24) is 0 Å². The van der Waals surface area contributed by atoms with Gasteiger partial charge in [0.15, 0.2) is 9.84 Å². The lowest BCUT2D eigenvalue weighted by Gasteiger charge is -2.13. The van der Waals surface area contributed by atoms with Gasteiger partial charge in [0.05, 0.1) is 9.82 Å². The number of sulfone groups is 1. The second-order valence-corrected chi connectivity index (χ2v) is 9.19. The van der Waals surface area contributed by atoms with Gasteiger partial charge in [-0.15, -0.1) is 0 Å². The number of carbonyl (C=O) groups is 2. The van der Waals surface area contributed by atoms with Crippen LogP contribution < -0.4 is 16.0 Å². The molecule has 170 valence electrons. The minimum absolute atomic E-state index is 0.191. The van der Waals surface area contributed by atoms with E-state index in [2.05, 4.69) is 16.0 Å². The van der Waals surface area contributed by atoms with Gasteiger partial charge in [0.25, 0.3) is 11.6 Å². The van der Waals surface area contributed by atoms with Crippen molar-refractivity contribution in [2.45, 2.75) is 11.8 Å². The third kappa shape index (κ3) is 6.14. The first kappa shape index (κ1) is 23.4. The molecule has 0 aromatic heterocycles. The van der Waals surface area contributed by atoms with Gasteiger partial charge in [0, 0.05) is 41.0 Å². The van der Waals surface area contributed by atoms with Gasteiger partial charge < -0.3 is 16.0 Å². The first-order valence-electron chi connectivity index (χ1n) is 9.57. The van der Waals surface area contributed by atoms with Crippen molar-refractivity contribution in [2.24, 2.45) is 0 Å². The summed E-state index contributed by atoms with van der Waals surface area (Å²) in [5, 5.41) is 19.1. The molecule has 0 fully saturated rings. The number of urea groups is 1. The van der Waals surface area contributed by atoms with Crippen LogP contribution in [-0.4, -0.2) is 31.5 Å². The zero-order chi connectivity index (χ0) is 24.2. The normalized spacial score (nSPS) is 10.8. The summed E-state index contributed by atoms with van der Waals surface area (Å²) in [6, 6.07) is 16.1. The van der Waals surface area contributed by atoms with Crippen molar-refractivity contribution in [1.29, 1.82) is 0 Å². The molecule has 0 aliphatic carbocycles. The molecule has 0 unspecified atom stereocenters. The van der Waals surface area contributed by atoms with Gasteiger partial charge in [-0.25, -0.2) is 13.2 Å². The number of nitrogens with zero attached hydrogens (tertiary/aromatic N) is 1. The van der Waals surface area contributed by atoms with Crippen LogP contribution in [0.4, 0.5) is 27.5 Å². The maximum atomic E-state index is 12.8. The number of carbonyl (C=O) groups excluding carboxylic acids is 2. The second-order valence-electron chi connectivity index (χ2n) is 7.17. The summed E-state index contributed by atoms with van der Waals surface area (Å²) in [6.45, 7) is 1.72. The first-order valence-corrected chi connectivity index (χ1v) is 11.5. The number of anilines is 3. The molecule has 11 heteroatoms. The third-order valence-corrected chi connectivity index (χ3v) is 5.66. The zero-order valence-corrected chi connectivity index (χ0v) is 18.5. The van der Waals surface area contributed by atoms with E-state index >= 15 is 0 Å². The van der Waals surface area contributed by atoms with E-state index < -0.39 is 32.4 Å². The van der Waals surface area contributed by atoms with Crippen molar-refractivity contribution in [3.05, 3.63) is 88.0 Å². The van der Waals surface area contributed by atoms with Crippen molar-refractivity contribution in [3.63, 3.8) is 0 Å². The zero-order valence-electron chi connectivity index (χ0n) is 17.7. The fourth-order valence-corrected chi connectivity index (χ4v) is 3.55. The lowest BCUT2D eigenvalue weighted by molar-refractivity contribution is -0.385. The monoisotopic (exact) mass is 468 g/mol. The summed E-state index contributed by atoms with van der Waals surface area (Å²) in [6.07, 6.45) is 0.896. The number of nitrogens with one attached hydrogen (secondary N) is 3. The predicted octanol–water partition coefficient (Wildman–Crippen LogP) is 4.20. The van der Waals surface area contributed by atoms with Crippen LogP contribution >= 0.6 is 0 Å². The lowest BCUT2D eigenvalue weighted by Crippen LogP contribution is -2.20. The Labute approximate surface area is 189 Å². The van der Waals surface area contributed by atoms with E-state index in [0.717, 1.165) is 24.5 Å². The van der Waals surface area contributed by atoms with Crippen molar-refractivity contribution < 1.29 is 22.9 Å². The average molecular weight is 468 g/mol. The Hall–Kier alpha value is -4.25. The van der Waals surface area contributed by atoms with Crippen LogP contribution in [0.3, 0.4) is 0 Å². The number of hydrogen-bond donors (Lipinski definition) is 3. The molecular formula is C22H20N4O6S. The van der Waals surface area contributed by atoms with Crippen LogP contribution in [0.1, 0.15) is 15.9 Å². The van der Waals surface area contributed by atoms with E-state index in [-0.39, 0.29) is 10.5 Å². The van der Waals surface area contributed by atoms with E-state index in [0.29, 0.717) is 22.6 Å². The number of aryl methyl sites for hydroxylation is 1. The van der Waals surface area contributed by atoms with Gasteiger partial charge in [-0.05, 0) is 42.8 Å². The number of benzene rings is 3. The molecule has 0 saturated heterocycles. The minimum atomic E-state index is -3.78. The van der Waals surface area contributed by atoms with Crippen molar-refractivity contribution >= 4 is 44.5 Å². The molecule has 3 rings (SSSR count). The summed E-state index contributed by atoms with van der Waals surface area (Å²) in [7, 11) is -3.78. The Morgan fingerprint density at radius 1 is 0.879 bits per heavy atom. The van der Waals surface area contributed by atoms with Gasteiger partial charge in [-0.3, -0.25) is 14.9 Å². The topological polar surface area (TPSA) is 148 Å². The first-order chi connectivity index (χ1) is 15.5. The molecule has 0 heterocycles. The number of amides is 3. The molecule has 0 bridgehead atoms. The maximum Gasteiger partial charge on any atom is 0.323 e. The van der Waals surface area contributed by atoms with Gasteiger partial charge in [-0.1, -0.05) is 24.3 Å². The highest BCUT2D eigenvalue weighted by Gasteiger charge is 2.19. The molecule has 3 amide bonds. The van der Waals surface area contributed by atoms with Crippen LogP contribution in [0.5, 0.6) is 0 Å². The Balaban J connectivity index is 1.82. The number of nitro groups is 1. The van der Waals surface area contributed by atoms with Gasteiger partial charge in [0.1, 0.15) is 0 Å². The van der Waals surface area contributed by atoms with E-state index in [4.69, 9.17) is 0 Å². The molecule has 33 heavy (non-hydrogen) atoms. The van der Waals surface area contributed by atoms with E-state index in [9.17, 15) is 28.1 Å². The summed E-state index contributed by atoms with van der Waals surface area (Å²) in [5.74, 6) is -0.738. The molecule has 3 N–H and O–H groups in total. The van der Waals surface area contributed by atoms with Crippen LogP contribution in [0, 0.1) is 17.0 Å². The Kier molecular flexibility index (Phi) is 6.73. The Bertz CT molecular complexity index is 1340. The van der Waals surface area contributed by atoms with Gasteiger partial charge >= 0.3 is 6.03 Å². The van der Waals surface area contributed by atoms with E-state index in [1.54, 1.807) is 43.3 Å². The van der Waals surface area contributed by atoms with Crippen molar-refractivity contribution in [2.75, 3.05) is 22.2 Å². The molecule has 0 atom stereocenters. The van der Waals surface area contributed by atoms with E-state index in [1.807, 2.05) is 6.07 Å². The standard InChI is InChI=1S/C22H20N4O6S/c1-14-8-9-17(24-22(28)23-16-6-4-3-5-7-16)12-20(14)25-21(27)15-10-18(26(29)30)13-19(11-15)33(2,31)32/h3-13H,1-2H3,(H,25,27)(H2,23,24,28). The predicted molar refractivity (Wildman–Crippen MR) is 124 cm³/mol. The SMILES string of the molecule is Cc1ccc(NC(=O)Nc2ccccc2)cc1NC(=O)c1cc([N+](=O)[O-])cc(S(C)(=O)=O)c1. The van der Waals surface area contributed by atoms with E-state index in [1.165, 1.54) is 6.07 Å². The molecule has 0 spiro atoms. The van der Waals surface area contributed by atoms with Crippen molar-refractivity contribution in [3.8, 4) is 0 Å². The van der Waals surface area contributed by atoms with Crippen LogP contribution in [0.2, 0.25) is 0 Å². The Morgan fingerprint density at radius 2 is 1.55 bits per heavy atom. The molecule has 0 aliphatic rings. The number of nitro benzene ring substituents is 1. The fourth-order valence-electron chi connectivity index (χ4n) is 2.88. The summed E-state index contributed by atoms with van der Waals surface area (Å²) in [5.41, 5.74) is 1.27. The highest BCUT2D eigenvalue weighted by atomic mass is 32.2. The highest BCUT2D eigenvalue weighted by Crippen LogP contribution is 2.24. The summed E-state index contributed by atoms with van der Waals surface area (Å²) >= 11 is 0. The summed E-state index contributed by atoms with van der Waals surface area (Å²) < 4.78 is 23.7. The molecule has 0 saturated carbocycles.